The van der Waals surface area contributed by atoms with Crippen LogP contribution < -0.4 is 0 Å². The molecule has 0 unspecified atom stereocenters. The molecule has 0 bridgehead atoms. The highest BCUT2D eigenvalue weighted by atomic mass is 16.4. The summed E-state index contributed by atoms with van der Waals surface area (Å²) >= 11 is 0. The van der Waals surface area contributed by atoms with Gasteiger partial charge in [0.2, 0.25) is 0 Å². The maximum atomic E-state index is 11.0. The predicted octanol–water partition coefficient (Wildman–Crippen LogP) is 2.07. The third-order valence-corrected chi connectivity index (χ3v) is 2.29. The number of hydrogen-bond acceptors (Lipinski definition) is 2. The molecule has 0 aromatic carbocycles. The molecule has 4 heteroatoms. The Hall–Kier alpha value is -1.58. The molecule has 0 aliphatic rings. The van der Waals surface area contributed by atoms with Crippen molar-refractivity contribution in [1.29, 1.82) is 0 Å². The molecule has 0 saturated heterocycles. The van der Waals surface area contributed by atoms with Crippen molar-refractivity contribution in [3.63, 3.8) is 0 Å². The molecule has 0 amide bonds. The summed E-state index contributed by atoms with van der Waals surface area (Å²) in [6.45, 7) is 8.75. The second-order valence-electron chi connectivity index (χ2n) is 3.64. The Morgan fingerprint density at radius 2 is 1.80 bits per heavy atom. The highest BCUT2D eigenvalue weighted by Gasteiger charge is 2.44. The van der Waals surface area contributed by atoms with Gasteiger partial charge in [0.15, 0.2) is 5.41 Å². The van der Waals surface area contributed by atoms with Crippen molar-refractivity contribution in [2.75, 3.05) is 0 Å². The zero-order chi connectivity index (χ0) is 12.1. The topological polar surface area (TPSA) is 74.6 Å². The number of carboxylic acid groups (broad SMARTS) is 2. The van der Waals surface area contributed by atoms with Gasteiger partial charge in [0, 0.05) is 0 Å². The third kappa shape index (κ3) is 3.23. The first-order valence-electron chi connectivity index (χ1n) is 4.59. The lowest BCUT2D eigenvalue weighted by Crippen LogP contribution is -2.39. The summed E-state index contributed by atoms with van der Waals surface area (Å²) in [5.74, 6) is -2.65. The average molecular weight is 212 g/mol. The van der Waals surface area contributed by atoms with Crippen LogP contribution in [0.3, 0.4) is 0 Å². The monoisotopic (exact) mass is 212 g/mol. The lowest BCUT2D eigenvalue weighted by molar-refractivity contribution is -0.165. The van der Waals surface area contributed by atoms with E-state index in [-0.39, 0.29) is 12.8 Å². The van der Waals surface area contributed by atoms with Crippen molar-refractivity contribution in [2.45, 2.75) is 26.2 Å². The number of allylic oxidation sites excluding steroid dienone is 2. The van der Waals surface area contributed by atoms with E-state index in [0.717, 1.165) is 5.57 Å². The summed E-state index contributed by atoms with van der Waals surface area (Å²) in [5.41, 5.74) is -0.994. The van der Waals surface area contributed by atoms with Gasteiger partial charge in [-0.05, 0) is 26.2 Å². The zero-order valence-corrected chi connectivity index (χ0v) is 8.82. The fourth-order valence-corrected chi connectivity index (χ4v) is 1.26. The summed E-state index contributed by atoms with van der Waals surface area (Å²) in [4.78, 5) is 22.0. The van der Waals surface area contributed by atoms with Gasteiger partial charge in [-0.1, -0.05) is 11.6 Å². The van der Waals surface area contributed by atoms with Crippen LogP contribution in [0.25, 0.3) is 0 Å². The number of hydrogen-bond donors (Lipinski definition) is 2. The van der Waals surface area contributed by atoms with Crippen molar-refractivity contribution >= 4 is 11.9 Å². The summed E-state index contributed by atoms with van der Waals surface area (Å²) in [7, 11) is 0. The molecule has 4 nitrogen and oxygen atoms in total. The molecule has 0 saturated carbocycles. The van der Waals surface area contributed by atoms with Crippen molar-refractivity contribution in [1.82, 2.24) is 0 Å². The molecule has 0 aliphatic carbocycles. The molecule has 2 N–H and O–H groups in total. The first-order valence-corrected chi connectivity index (χ1v) is 4.59. The molecule has 0 heterocycles. The van der Waals surface area contributed by atoms with Crippen molar-refractivity contribution in [3.05, 3.63) is 24.8 Å². The fraction of sp³-hybridized carbons (Fsp3) is 0.455. The van der Waals surface area contributed by atoms with Gasteiger partial charge < -0.3 is 10.2 Å². The van der Waals surface area contributed by atoms with E-state index in [9.17, 15) is 9.59 Å². The maximum absolute atomic E-state index is 11.0. The van der Waals surface area contributed by atoms with E-state index in [4.69, 9.17) is 10.2 Å². The Bertz CT molecular complexity index is 277. The molecule has 15 heavy (non-hydrogen) atoms. The van der Waals surface area contributed by atoms with Crippen molar-refractivity contribution < 1.29 is 19.8 Å². The van der Waals surface area contributed by atoms with Gasteiger partial charge in [-0.15, -0.1) is 13.2 Å². The van der Waals surface area contributed by atoms with Gasteiger partial charge in [-0.3, -0.25) is 9.59 Å². The van der Waals surface area contributed by atoms with Crippen LogP contribution in [0.2, 0.25) is 0 Å². The van der Waals surface area contributed by atoms with Gasteiger partial charge in [0.1, 0.15) is 0 Å². The van der Waals surface area contributed by atoms with Crippen LogP contribution in [0.5, 0.6) is 0 Å². The summed E-state index contributed by atoms with van der Waals surface area (Å²) in [5, 5.41) is 18.0. The summed E-state index contributed by atoms with van der Waals surface area (Å²) < 4.78 is 0. The average Bonchev–Trinajstić information content (AvgIpc) is 2.10. The van der Waals surface area contributed by atoms with Crippen LogP contribution in [-0.4, -0.2) is 22.2 Å². The van der Waals surface area contributed by atoms with Gasteiger partial charge in [-0.25, -0.2) is 0 Å². The predicted molar refractivity (Wildman–Crippen MR) is 56.6 cm³/mol. The minimum atomic E-state index is -1.76. The second-order valence-corrected chi connectivity index (χ2v) is 3.64. The molecule has 0 aromatic heterocycles. The number of carboxylic acids is 2. The largest absolute Gasteiger partial charge is 0.480 e. The standard InChI is InChI=1S/C11H16O4/c1-4-6-11(9(12)13,10(14)15)7-5-8(2)3/h4H,1-2,5-7H2,3H3,(H,12,13)(H,14,15). The highest BCUT2D eigenvalue weighted by Crippen LogP contribution is 2.31. The molecule has 0 rings (SSSR count). The molecule has 84 valence electrons. The van der Waals surface area contributed by atoms with E-state index in [0.29, 0.717) is 6.42 Å². The Labute approximate surface area is 88.9 Å². The van der Waals surface area contributed by atoms with Crippen LogP contribution >= 0.6 is 0 Å². The Kier molecular flexibility index (Phi) is 4.78. The maximum Gasteiger partial charge on any atom is 0.321 e. The van der Waals surface area contributed by atoms with E-state index in [2.05, 4.69) is 13.2 Å². The van der Waals surface area contributed by atoms with Crippen LogP contribution in [0.15, 0.2) is 24.8 Å². The van der Waals surface area contributed by atoms with Crippen molar-refractivity contribution in [3.8, 4) is 0 Å². The molecular formula is C11H16O4. The molecular weight excluding hydrogens is 196 g/mol. The van der Waals surface area contributed by atoms with E-state index in [1.807, 2.05) is 0 Å². The van der Waals surface area contributed by atoms with E-state index >= 15 is 0 Å². The Balaban J connectivity index is 4.94. The minimum absolute atomic E-state index is 0.0407. The van der Waals surface area contributed by atoms with Crippen LogP contribution in [0.1, 0.15) is 26.2 Å². The lowest BCUT2D eigenvalue weighted by atomic mass is 9.79. The number of carbonyl (C=O) groups is 2. The Morgan fingerprint density at radius 3 is 2.07 bits per heavy atom. The van der Waals surface area contributed by atoms with Crippen LogP contribution in [-0.2, 0) is 9.59 Å². The number of aliphatic carboxylic acids is 2. The molecule has 0 radical (unpaired) electrons. The third-order valence-electron chi connectivity index (χ3n) is 2.29. The summed E-state index contributed by atoms with van der Waals surface area (Å²) in [6.07, 6.45) is 1.66. The molecule has 0 fully saturated rings. The van der Waals surface area contributed by atoms with Crippen LogP contribution in [0.4, 0.5) is 0 Å². The Morgan fingerprint density at radius 1 is 1.33 bits per heavy atom. The zero-order valence-electron chi connectivity index (χ0n) is 8.82. The first-order chi connectivity index (χ1) is 6.86. The van der Waals surface area contributed by atoms with Crippen LogP contribution in [0, 0.1) is 5.41 Å². The second kappa shape index (κ2) is 5.34. The number of rotatable bonds is 7. The molecule has 0 atom stereocenters. The van der Waals surface area contributed by atoms with Gasteiger partial charge in [0.05, 0.1) is 0 Å². The van der Waals surface area contributed by atoms with E-state index < -0.39 is 17.4 Å². The fourth-order valence-electron chi connectivity index (χ4n) is 1.26. The van der Waals surface area contributed by atoms with E-state index in [1.165, 1.54) is 6.08 Å². The lowest BCUT2D eigenvalue weighted by Gasteiger charge is -2.23. The van der Waals surface area contributed by atoms with Gasteiger partial charge >= 0.3 is 11.9 Å². The first kappa shape index (κ1) is 13.4. The van der Waals surface area contributed by atoms with Crippen molar-refractivity contribution in [2.24, 2.45) is 5.41 Å². The minimum Gasteiger partial charge on any atom is -0.480 e. The van der Waals surface area contributed by atoms with Gasteiger partial charge in [-0.2, -0.15) is 0 Å². The molecule has 0 spiro atoms. The molecule has 0 aromatic rings. The quantitative estimate of drug-likeness (QED) is 0.500. The van der Waals surface area contributed by atoms with Gasteiger partial charge in [0.25, 0.3) is 0 Å². The normalized spacial score (nSPS) is 10.7. The highest BCUT2D eigenvalue weighted by molar-refractivity contribution is 5.98. The SMILES string of the molecule is C=CCC(CCC(=C)C)(C(=O)O)C(=O)O. The van der Waals surface area contributed by atoms with E-state index in [1.54, 1.807) is 6.92 Å². The smallest absolute Gasteiger partial charge is 0.321 e. The molecule has 0 aliphatic heterocycles. The summed E-state index contributed by atoms with van der Waals surface area (Å²) in [6, 6.07) is 0.